The Morgan fingerprint density at radius 2 is 0.978 bits per heavy atom. The summed E-state index contributed by atoms with van der Waals surface area (Å²) in [6.07, 6.45) is -10.1. The highest BCUT2D eigenvalue weighted by atomic mass is 19.4. The predicted molar refractivity (Wildman–Crippen MR) is 172 cm³/mol. The summed E-state index contributed by atoms with van der Waals surface area (Å²) in [5.74, 6) is -0.322. The molecule has 7 heteroatoms. The molecule has 0 amide bonds. The molecule has 0 spiro atoms. The third-order valence-electron chi connectivity index (χ3n) is 8.13. The van der Waals surface area contributed by atoms with E-state index >= 15 is 0 Å². The summed E-state index contributed by atoms with van der Waals surface area (Å²) >= 11 is 0. The number of alkyl halides is 6. The molecule has 0 heterocycles. The Morgan fingerprint density at radius 3 is 1.63 bits per heavy atom. The van der Waals surface area contributed by atoms with Crippen LogP contribution >= 0.6 is 0 Å². The van der Waals surface area contributed by atoms with Gasteiger partial charge < -0.3 is 4.74 Å². The van der Waals surface area contributed by atoms with Crippen LogP contribution in [0.4, 0.5) is 26.3 Å². The van der Waals surface area contributed by atoms with Gasteiger partial charge in [-0.2, -0.15) is 13.2 Å². The fourth-order valence-electron chi connectivity index (χ4n) is 6.19. The van der Waals surface area contributed by atoms with Crippen molar-refractivity contribution in [1.82, 2.24) is 0 Å². The summed E-state index contributed by atoms with van der Waals surface area (Å²) in [7, 11) is 0. The Bertz CT molecular complexity index is 2210. The van der Waals surface area contributed by atoms with Gasteiger partial charge in [0.05, 0.1) is 6.42 Å². The van der Waals surface area contributed by atoms with Gasteiger partial charge in [-0.25, -0.2) is 0 Å². The minimum Gasteiger partial charge on any atom is -0.406 e. The molecule has 0 fully saturated rings. The summed E-state index contributed by atoms with van der Waals surface area (Å²) in [6.45, 7) is 0. The quantitative estimate of drug-likeness (QED) is 0.137. The first-order chi connectivity index (χ1) is 22.0. The topological polar surface area (TPSA) is 9.23 Å². The number of halogens is 6. The van der Waals surface area contributed by atoms with Gasteiger partial charge in [0.15, 0.2) is 0 Å². The van der Waals surface area contributed by atoms with Gasteiger partial charge in [-0.05, 0) is 95.5 Å². The lowest BCUT2D eigenvalue weighted by Gasteiger charge is -2.19. The zero-order chi connectivity index (χ0) is 32.1. The second kappa shape index (κ2) is 11.2. The van der Waals surface area contributed by atoms with E-state index < -0.39 is 19.0 Å². The molecule has 7 aromatic rings. The zero-order valence-electron chi connectivity index (χ0n) is 24.1. The normalized spacial score (nSPS) is 12.2. The van der Waals surface area contributed by atoms with Crippen LogP contribution in [0.25, 0.3) is 65.7 Å². The van der Waals surface area contributed by atoms with E-state index in [0.29, 0.717) is 5.56 Å². The monoisotopic (exact) mass is 622 g/mol. The van der Waals surface area contributed by atoms with Crippen molar-refractivity contribution in [2.24, 2.45) is 0 Å². The van der Waals surface area contributed by atoms with Crippen LogP contribution in [0.1, 0.15) is 5.56 Å². The maximum absolute atomic E-state index is 13.0. The molecular weight excluding hydrogens is 598 g/mol. The number of hydrogen-bond donors (Lipinski definition) is 0. The molecule has 0 aliphatic heterocycles. The van der Waals surface area contributed by atoms with E-state index in [0.717, 1.165) is 60.1 Å². The van der Waals surface area contributed by atoms with E-state index in [-0.39, 0.29) is 11.3 Å². The molecule has 0 unspecified atom stereocenters. The fourth-order valence-corrected chi connectivity index (χ4v) is 6.19. The van der Waals surface area contributed by atoms with E-state index in [2.05, 4.69) is 35.1 Å². The van der Waals surface area contributed by atoms with Gasteiger partial charge in [0.25, 0.3) is 0 Å². The maximum Gasteiger partial charge on any atom is 0.573 e. The third-order valence-corrected chi connectivity index (χ3v) is 8.13. The maximum atomic E-state index is 13.0. The lowest BCUT2D eigenvalue weighted by Crippen LogP contribution is -2.16. The largest absolute Gasteiger partial charge is 0.573 e. The van der Waals surface area contributed by atoms with Gasteiger partial charge in [0, 0.05) is 0 Å². The molecule has 0 aliphatic carbocycles. The Balaban J connectivity index is 1.48. The van der Waals surface area contributed by atoms with Gasteiger partial charge in [0.2, 0.25) is 0 Å². The number of benzene rings is 7. The average molecular weight is 623 g/mol. The highest BCUT2D eigenvalue weighted by Gasteiger charge is 2.31. The number of ether oxygens (including phenoxy) is 1. The van der Waals surface area contributed by atoms with Crippen LogP contribution in [0.3, 0.4) is 0 Å². The molecule has 0 N–H and O–H groups in total. The number of rotatable bonds is 5. The van der Waals surface area contributed by atoms with Crippen molar-refractivity contribution in [2.75, 3.05) is 0 Å². The SMILES string of the molecule is FC(F)(F)Cc1ccc(-c2ccc3c(-c4ccc5ccccc5c4)c4ccccc4c(-c4ccc(OC(F)(F)F)cc4)c3c2)cc1. The van der Waals surface area contributed by atoms with Crippen molar-refractivity contribution in [3.63, 3.8) is 0 Å². The van der Waals surface area contributed by atoms with Crippen molar-refractivity contribution >= 4 is 32.3 Å². The van der Waals surface area contributed by atoms with Crippen molar-refractivity contribution < 1.29 is 31.1 Å². The van der Waals surface area contributed by atoms with Gasteiger partial charge in [-0.3, -0.25) is 0 Å². The van der Waals surface area contributed by atoms with Crippen LogP contribution < -0.4 is 4.74 Å². The van der Waals surface area contributed by atoms with E-state index in [1.165, 1.54) is 24.3 Å². The molecule has 228 valence electrons. The molecule has 0 atom stereocenters. The lowest BCUT2D eigenvalue weighted by molar-refractivity contribution is -0.274. The highest BCUT2D eigenvalue weighted by molar-refractivity contribution is 6.22. The highest BCUT2D eigenvalue weighted by Crippen LogP contribution is 2.45. The molecule has 0 radical (unpaired) electrons. The third kappa shape index (κ3) is 5.88. The van der Waals surface area contributed by atoms with E-state index in [1.54, 1.807) is 24.3 Å². The van der Waals surface area contributed by atoms with Crippen molar-refractivity contribution in [3.05, 3.63) is 139 Å². The number of hydrogen-bond acceptors (Lipinski definition) is 1. The molecule has 0 aromatic heterocycles. The van der Waals surface area contributed by atoms with Crippen LogP contribution in [0, 0.1) is 0 Å². The second-order valence-electron chi connectivity index (χ2n) is 11.2. The fraction of sp³-hybridized carbons (Fsp3) is 0.0769. The molecule has 0 bridgehead atoms. The van der Waals surface area contributed by atoms with Crippen molar-refractivity contribution in [3.8, 4) is 39.1 Å². The molecule has 0 saturated heterocycles. The molecule has 7 rings (SSSR count). The summed E-state index contributed by atoms with van der Waals surface area (Å²) in [5.41, 5.74) is 5.23. The van der Waals surface area contributed by atoms with Crippen molar-refractivity contribution in [1.29, 1.82) is 0 Å². The zero-order valence-corrected chi connectivity index (χ0v) is 24.1. The number of fused-ring (bicyclic) bond motifs is 3. The van der Waals surface area contributed by atoms with Gasteiger partial charge >= 0.3 is 12.5 Å². The Hall–Kier alpha value is -5.30. The summed E-state index contributed by atoms with van der Waals surface area (Å²) in [6, 6.07) is 40.4. The molecule has 1 nitrogen and oxygen atoms in total. The van der Waals surface area contributed by atoms with E-state index in [4.69, 9.17) is 0 Å². The van der Waals surface area contributed by atoms with Crippen LogP contribution in [0.15, 0.2) is 133 Å². The predicted octanol–water partition coefficient (Wildman–Crippen LogP) is 12.2. The summed E-state index contributed by atoms with van der Waals surface area (Å²) < 4.78 is 81.8. The lowest BCUT2D eigenvalue weighted by atomic mass is 9.84. The summed E-state index contributed by atoms with van der Waals surface area (Å²) in [5, 5.41) is 5.84. The first kappa shape index (κ1) is 29.4. The Morgan fingerprint density at radius 1 is 0.435 bits per heavy atom. The van der Waals surface area contributed by atoms with Crippen LogP contribution in [0.5, 0.6) is 5.75 Å². The molecule has 0 saturated carbocycles. The van der Waals surface area contributed by atoms with E-state index in [9.17, 15) is 26.3 Å². The Labute approximate surface area is 260 Å². The van der Waals surface area contributed by atoms with Gasteiger partial charge in [-0.15, -0.1) is 13.2 Å². The van der Waals surface area contributed by atoms with Crippen LogP contribution in [0.2, 0.25) is 0 Å². The van der Waals surface area contributed by atoms with Crippen LogP contribution in [-0.2, 0) is 6.42 Å². The molecular formula is C39H24F6O. The second-order valence-corrected chi connectivity index (χ2v) is 11.2. The Kier molecular flexibility index (Phi) is 7.19. The average Bonchev–Trinajstić information content (AvgIpc) is 3.02. The van der Waals surface area contributed by atoms with Crippen LogP contribution in [-0.4, -0.2) is 12.5 Å². The van der Waals surface area contributed by atoms with Crippen molar-refractivity contribution in [2.45, 2.75) is 19.0 Å². The molecule has 0 aliphatic rings. The van der Waals surface area contributed by atoms with Gasteiger partial charge in [-0.1, -0.05) is 109 Å². The standard InChI is InChI=1S/C39H24F6O/c40-38(41,42)23-24-9-11-26(12-10-24)29-17-20-34-35(22-29)36(27-15-18-31(19-16-27)46-39(43,44)45)32-7-3-4-8-33(32)37(34)30-14-13-25-5-1-2-6-28(25)21-30/h1-22H,23H2. The molecule has 7 aromatic carbocycles. The first-order valence-electron chi connectivity index (χ1n) is 14.5. The minimum absolute atomic E-state index is 0.170. The summed E-state index contributed by atoms with van der Waals surface area (Å²) in [4.78, 5) is 0. The first-order valence-corrected chi connectivity index (χ1v) is 14.5. The molecule has 46 heavy (non-hydrogen) atoms. The smallest absolute Gasteiger partial charge is 0.406 e. The van der Waals surface area contributed by atoms with E-state index in [1.807, 2.05) is 54.6 Å². The van der Waals surface area contributed by atoms with Gasteiger partial charge in [0.1, 0.15) is 5.75 Å². The minimum atomic E-state index is -4.81.